The molecule has 0 bridgehead atoms. The van der Waals surface area contributed by atoms with Gasteiger partial charge in [-0.05, 0) is 45.2 Å². The molecule has 2 aromatic rings. The van der Waals surface area contributed by atoms with Gasteiger partial charge in [-0.25, -0.2) is 23.9 Å². The van der Waals surface area contributed by atoms with E-state index in [9.17, 15) is 17.6 Å². The molecule has 2 aromatic heterocycles. The Hall–Kier alpha value is -2.24. The Kier molecular flexibility index (Phi) is 6.59. The maximum Gasteiger partial charge on any atom is 0.422 e. The summed E-state index contributed by atoms with van der Waals surface area (Å²) in [5, 5.41) is 0.265. The lowest BCUT2D eigenvalue weighted by Crippen LogP contribution is -2.49. The van der Waals surface area contributed by atoms with E-state index in [-0.39, 0.29) is 30.1 Å². The predicted octanol–water partition coefficient (Wildman–Crippen LogP) is 3.46. The summed E-state index contributed by atoms with van der Waals surface area (Å²) in [6.45, 7) is 7.21. The van der Waals surface area contributed by atoms with Gasteiger partial charge in [-0.1, -0.05) is 18.5 Å². The molecule has 0 aliphatic carbocycles. The zero-order valence-corrected chi connectivity index (χ0v) is 19.2. The van der Waals surface area contributed by atoms with Gasteiger partial charge >= 0.3 is 16.3 Å². The number of ether oxygens (including phenoxy) is 1. The van der Waals surface area contributed by atoms with Crippen molar-refractivity contribution in [2.45, 2.75) is 45.6 Å². The number of hydrogen-bond acceptors (Lipinski definition) is 6. The summed E-state index contributed by atoms with van der Waals surface area (Å²) >= 11 is 6.33. The monoisotopic (exact) mass is 473 g/mol. The van der Waals surface area contributed by atoms with E-state index in [1.807, 2.05) is 11.6 Å². The van der Waals surface area contributed by atoms with Crippen LogP contribution in [0.25, 0.3) is 11.5 Å². The van der Waals surface area contributed by atoms with Gasteiger partial charge in [0.05, 0.1) is 11.9 Å². The van der Waals surface area contributed by atoms with Crippen LogP contribution in [0.2, 0.25) is 5.15 Å². The Balaban J connectivity index is 1.70. The van der Waals surface area contributed by atoms with Gasteiger partial charge in [0.1, 0.15) is 17.1 Å². The van der Waals surface area contributed by atoms with Crippen molar-refractivity contribution in [2.24, 2.45) is 5.92 Å². The molecule has 1 saturated heterocycles. The van der Waals surface area contributed by atoms with Gasteiger partial charge in [0.2, 0.25) is 0 Å². The lowest BCUT2D eigenvalue weighted by molar-refractivity contribution is 0.0565. The van der Waals surface area contributed by atoms with E-state index >= 15 is 0 Å². The molecule has 3 heterocycles. The SMILES string of the molecule is CC1CN(S(=O)(=O)NC(=O)OC(C)(C)C)CCC1c1[nH]c(-c2ccc(F)cn2)nc1Cl. The largest absolute Gasteiger partial charge is 0.443 e. The molecule has 170 valence electrons. The fraction of sp³-hybridized carbons (Fsp3) is 0.526. The van der Waals surface area contributed by atoms with Crippen LogP contribution in [-0.2, 0) is 14.9 Å². The number of carbonyl (C=O) groups is 1. The number of nitrogens with one attached hydrogen (secondary N) is 2. The summed E-state index contributed by atoms with van der Waals surface area (Å²) in [4.78, 5) is 23.3. The van der Waals surface area contributed by atoms with E-state index in [1.165, 1.54) is 16.4 Å². The van der Waals surface area contributed by atoms with E-state index in [2.05, 4.69) is 15.0 Å². The lowest BCUT2D eigenvalue weighted by Gasteiger charge is -2.35. The van der Waals surface area contributed by atoms with Crippen LogP contribution < -0.4 is 4.72 Å². The minimum absolute atomic E-state index is 0.0813. The van der Waals surface area contributed by atoms with Crippen LogP contribution in [0, 0.1) is 11.7 Å². The molecule has 1 aliphatic rings. The molecule has 1 fully saturated rings. The number of hydrogen-bond donors (Lipinski definition) is 2. The van der Waals surface area contributed by atoms with Crippen molar-refractivity contribution in [1.29, 1.82) is 0 Å². The molecule has 0 saturated carbocycles. The van der Waals surface area contributed by atoms with Crippen molar-refractivity contribution in [1.82, 2.24) is 24.0 Å². The molecule has 31 heavy (non-hydrogen) atoms. The topological polar surface area (TPSA) is 117 Å². The number of imidazole rings is 1. The Bertz CT molecular complexity index is 1050. The first-order valence-corrected chi connectivity index (χ1v) is 11.6. The number of pyridine rings is 1. The third-order valence-electron chi connectivity index (χ3n) is 4.85. The molecular weight excluding hydrogens is 449 g/mol. The highest BCUT2D eigenvalue weighted by Gasteiger charge is 2.36. The summed E-state index contributed by atoms with van der Waals surface area (Å²) in [5.41, 5.74) is 0.310. The quantitative estimate of drug-likeness (QED) is 0.702. The number of halogens is 2. The smallest absolute Gasteiger partial charge is 0.422 e. The standard InChI is InChI=1S/C19H25ClFN5O4S/c1-11-10-26(31(28,29)25-18(27)30-19(2,3)4)8-7-13(11)15-16(20)24-17(23-15)14-6-5-12(21)9-22-14/h5-6,9,11,13H,7-8,10H2,1-4H3,(H,23,24)(H,25,27). The molecule has 2 unspecified atom stereocenters. The normalized spacial score (nSPS) is 20.5. The number of rotatable bonds is 4. The Morgan fingerprint density at radius 2 is 2.10 bits per heavy atom. The van der Waals surface area contributed by atoms with Crippen molar-refractivity contribution in [3.8, 4) is 11.5 Å². The second-order valence-corrected chi connectivity index (χ2v) is 10.5. The molecule has 9 nitrogen and oxygen atoms in total. The van der Waals surface area contributed by atoms with Crippen molar-refractivity contribution in [3.05, 3.63) is 35.0 Å². The second-order valence-electron chi connectivity index (χ2n) is 8.49. The van der Waals surface area contributed by atoms with Gasteiger partial charge in [0.15, 0.2) is 11.0 Å². The van der Waals surface area contributed by atoms with Gasteiger partial charge in [0.25, 0.3) is 0 Å². The maximum absolute atomic E-state index is 13.1. The second kappa shape index (κ2) is 8.71. The van der Waals surface area contributed by atoms with Gasteiger partial charge in [-0.2, -0.15) is 12.7 Å². The van der Waals surface area contributed by atoms with E-state index in [0.717, 1.165) is 6.20 Å². The first kappa shape index (κ1) is 23.4. The molecule has 0 spiro atoms. The fourth-order valence-electron chi connectivity index (χ4n) is 3.47. The molecule has 1 aliphatic heterocycles. The fourth-order valence-corrected chi connectivity index (χ4v) is 4.90. The summed E-state index contributed by atoms with van der Waals surface area (Å²) in [6, 6.07) is 2.78. The number of aromatic nitrogens is 3. The Morgan fingerprint density at radius 3 is 2.68 bits per heavy atom. The summed E-state index contributed by atoms with van der Waals surface area (Å²) in [6.07, 6.45) is 0.541. The number of aromatic amines is 1. The van der Waals surface area contributed by atoms with Crippen molar-refractivity contribution < 1.29 is 22.3 Å². The van der Waals surface area contributed by atoms with Crippen molar-refractivity contribution >= 4 is 27.9 Å². The average Bonchev–Trinajstić information content (AvgIpc) is 3.01. The van der Waals surface area contributed by atoms with Crippen molar-refractivity contribution in [3.63, 3.8) is 0 Å². The number of nitrogens with zero attached hydrogens (tertiary/aromatic N) is 3. The highest BCUT2D eigenvalue weighted by atomic mass is 35.5. The number of piperidine rings is 1. The Labute approximate surface area is 185 Å². The molecule has 2 atom stereocenters. The molecule has 12 heteroatoms. The van der Waals surface area contributed by atoms with Gasteiger partial charge in [0, 0.05) is 19.0 Å². The number of carbonyl (C=O) groups excluding carboxylic acids is 1. The first-order chi connectivity index (χ1) is 14.4. The summed E-state index contributed by atoms with van der Waals surface area (Å²) in [5.74, 6) is -0.240. The highest BCUT2D eigenvalue weighted by Crippen LogP contribution is 2.37. The summed E-state index contributed by atoms with van der Waals surface area (Å²) in [7, 11) is -4.04. The van der Waals surface area contributed by atoms with Crippen LogP contribution >= 0.6 is 11.6 Å². The zero-order chi connectivity index (χ0) is 23.0. The van der Waals surface area contributed by atoms with Crippen LogP contribution in [0.3, 0.4) is 0 Å². The van der Waals surface area contributed by atoms with Crippen LogP contribution in [0.5, 0.6) is 0 Å². The van der Waals surface area contributed by atoms with Crippen LogP contribution in [0.4, 0.5) is 9.18 Å². The van der Waals surface area contributed by atoms with Gasteiger partial charge in [-0.3, -0.25) is 0 Å². The third kappa shape index (κ3) is 5.72. The third-order valence-corrected chi connectivity index (χ3v) is 6.57. The zero-order valence-electron chi connectivity index (χ0n) is 17.6. The number of amides is 1. The lowest BCUT2D eigenvalue weighted by atomic mass is 9.86. The molecule has 1 amide bonds. The molecular formula is C19H25ClFN5O4S. The predicted molar refractivity (Wildman–Crippen MR) is 113 cm³/mol. The van der Waals surface area contributed by atoms with E-state index in [4.69, 9.17) is 16.3 Å². The maximum atomic E-state index is 13.1. The molecule has 0 aromatic carbocycles. The van der Waals surface area contributed by atoms with Crippen LogP contribution in [-0.4, -0.2) is 52.5 Å². The minimum atomic E-state index is -4.04. The van der Waals surface area contributed by atoms with Crippen LogP contribution in [0.1, 0.15) is 45.7 Å². The van der Waals surface area contributed by atoms with E-state index in [1.54, 1.807) is 20.8 Å². The Morgan fingerprint density at radius 1 is 1.39 bits per heavy atom. The summed E-state index contributed by atoms with van der Waals surface area (Å²) < 4.78 is 46.5. The molecule has 3 rings (SSSR count). The van der Waals surface area contributed by atoms with Crippen molar-refractivity contribution in [2.75, 3.05) is 13.1 Å². The van der Waals surface area contributed by atoms with E-state index in [0.29, 0.717) is 23.6 Å². The minimum Gasteiger partial charge on any atom is -0.443 e. The van der Waals surface area contributed by atoms with E-state index < -0.39 is 27.7 Å². The molecule has 0 radical (unpaired) electrons. The van der Waals surface area contributed by atoms with Gasteiger partial charge in [-0.15, -0.1) is 0 Å². The van der Waals surface area contributed by atoms with Crippen LogP contribution in [0.15, 0.2) is 18.3 Å². The average molecular weight is 474 g/mol. The molecule has 2 N–H and O–H groups in total. The highest BCUT2D eigenvalue weighted by molar-refractivity contribution is 7.87. The number of H-pyrrole nitrogens is 1. The first-order valence-electron chi connectivity index (χ1n) is 9.74. The van der Waals surface area contributed by atoms with Gasteiger partial charge < -0.3 is 9.72 Å².